The highest BCUT2D eigenvalue weighted by Gasteiger charge is 2.31. The first kappa shape index (κ1) is 23.7. The molecule has 4 heterocycles. The minimum Gasteiger partial charge on any atom is -0.404 e. The van der Waals surface area contributed by atoms with Crippen molar-refractivity contribution in [3.63, 3.8) is 0 Å². The fourth-order valence-corrected chi connectivity index (χ4v) is 4.59. The molecule has 11 heteroatoms. The zero-order valence-corrected chi connectivity index (χ0v) is 19.9. The number of alkyl halides is 3. The average molecular weight is 512 g/mol. The Morgan fingerprint density at radius 2 is 1.86 bits per heavy atom. The van der Waals surface area contributed by atoms with Crippen LogP contribution in [0.4, 0.5) is 19.0 Å². The minimum absolute atomic E-state index is 0.345. The molecule has 36 heavy (non-hydrogen) atoms. The van der Waals surface area contributed by atoms with E-state index in [0.717, 1.165) is 51.1 Å². The lowest BCUT2D eigenvalue weighted by Crippen LogP contribution is -2.17. The van der Waals surface area contributed by atoms with Crippen LogP contribution < -0.4 is 10.1 Å². The van der Waals surface area contributed by atoms with E-state index in [1.165, 1.54) is 18.4 Å². The molecule has 1 N–H and O–H groups in total. The Morgan fingerprint density at radius 1 is 1.03 bits per heavy atom. The van der Waals surface area contributed by atoms with Gasteiger partial charge < -0.3 is 14.6 Å². The van der Waals surface area contributed by atoms with E-state index >= 15 is 0 Å². The van der Waals surface area contributed by atoms with Gasteiger partial charge >= 0.3 is 6.36 Å². The van der Waals surface area contributed by atoms with Gasteiger partial charge in [0, 0.05) is 23.1 Å². The molecular formula is C25H20F3N5O2S. The number of thiophene rings is 1. The van der Waals surface area contributed by atoms with Crippen molar-refractivity contribution in [1.29, 1.82) is 0 Å². The normalized spacial score (nSPS) is 11.7. The second kappa shape index (κ2) is 9.94. The summed E-state index contributed by atoms with van der Waals surface area (Å²) in [5.74, 6) is 0.937. The molecule has 0 atom stereocenters. The molecule has 0 bridgehead atoms. The zero-order valence-electron chi connectivity index (χ0n) is 19.0. The molecule has 5 rings (SSSR count). The Kier molecular flexibility index (Phi) is 6.55. The summed E-state index contributed by atoms with van der Waals surface area (Å²) in [6.07, 6.45) is -0.466. The van der Waals surface area contributed by atoms with Gasteiger partial charge in [-0.2, -0.15) is 0 Å². The number of nitrogens with one attached hydrogen (secondary N) is 1. The smallest absolute Gasteiger partial charge is 0.404 e. The summed E-state index contributed by atoms with van der Waals surface area (Å²) in [5, 5.41) is 8.35. The van der Waals surface area contributed by atoms with Gasteiger partial charge in [0.2, 0.25) is 0 Å². The largest absolute Gasteiger partial charge is 0.573 e. The molecule has 0 spiro atoms. The van der Waals surface area contributed by atoms with Gasteiger partial charge in [0.1, 0.15) is 22.7 Å². The van der Waals surface area contributed by atoms with Gasteiger partial charge in [0.25, 0.3) is 0 Å². The number of aryl methyl sites for hydroxylation is 2. The molecule has 7 nitrogen and oxygen atoms in total. The van der Waals surface area contributed by atoms with Gasteiger partial charge in [0.05, 0.1) is 17.3 Å². The highest BCUT2D eigenvalue weighted by atomic mass is 32.1. The standard InChI is InChI=1S/C25H20F3N5O2S/c1-15-13-19-22(31-23(32-24(19)36-15)21-10-12-34-33-21)29-11-2-3-16-4-6-17(7-5-16)20-9-8-18(14-30-20)35-25(26,27)28/h4-10,12-14H,2-3,11H2,1H3,(H,29,31,32). The third kappa shape index (κ3) is 5.62. The summed E-state index contributed by atoms with van der Waals surface area (Å²) in [6, 6.07) is 14.3. The van der Waals surface area contributed by atoms with E-state index in [9.17, 15) is 13.2 Å². The Labute approximate surface area is 208 Å². The third-order valence-electron chi connectivity index (χ3n) is 5.34. The van der Waals surface area contributed by atoms with Gasteiger partial charge in [0.15, 0.2) is 11.5 Å². The molecule has 5 aromatic rings. The molecule has 0 amide bonds. The van der Waals surface area contributed by atoms with Crippen LogP contribution >= 0.6 is 11.3 Å². The van der Waals surface area contributed by atoms with E-state index < -0.39 is 6.36 Å². The monoisotopic (exact) mass is 511 g/mol. The van der Waals surface area contributed by atoms with Crippen LogP contribution in [0.3, 0.4) is 0 Å². The van der Waals surface area contributed by atoms with Crippen LogP contribution in [0.25, 0.3) is 33.0 Å². The first-order chi connectivity index (χ1) is 17.3. The zero-order chi connectivity index (χ0) is 25.1. The van der Waals surface area contributed by atoms with E-state index in [1.54, 1.807) is 17.4 Å². The maximum Gasteiger partial charge on any atom is 0.573 e. The average Bonchev–Trinajstić information content (AvgIpc) is 3.51. The summed E-state index contributed by atoms with van der Waals surface area (Å²) in [4.78, 5) is 15.4. The highest BCUT2D eigenvalue weighted by Crippen LogP contribution is 2.31. The molecule has 0 radical (unpaired) electrons. The summed E-state index contributed by atoms with van der Waals surface area (Å²) in [7, 11) is 0. The van der Waals surface area contributed by atoms with Crippen LogP contribution in [-0.2, 0) is 6.42 Å². The van der Waals surface area contributed by atoms with E-state index in [-0.39, 0.29) is 5.75 Å². The molecule has 0 aliphatic rings. The van der Waals surface area contributed by atoms with Crippen LogP contribution in [0.2, 0.25) is 0 Å². The van der Waals surface area contributed by atoms with E-state index in [2.05, 4.69) is 36.2 Å². The molecule has 0 saturated heterocycles. The van der Waals surface area contributed by atoms with E-state index in [1.807, 2.05) is 31.2 Å². The van der Waals surface area contributed by atoms with Crippen LogP contribution in [0.15, 0.2) is 65.5 Å². The van der Waals surface area contributed by atoms with Gasteiger partial charge in [-0.15, -0.1) is 24.5 Å². The van der Waals surface area contributed by atoms with Crippen molar-refractivity contribution in [3.8, 4) is 28.5 Å². The Bertz CT molecular complexity index is 1450. The predicted octanol–water partition coefficient (Wildman–Crippen LogP) is 6.66. The second-order valence-electron chi connectivity index (χ2n) is 8.01. The maximum atomic E-state index is 12.3. The molecule has 0 saturated carbocycles. The Morgan fingerprint density at radius 3 is 2.56 bits per heavy atom. The van der Waals surface area contributed by atoms with Crippen molar-refractivity contribution < 1.29 is 22.4 Å². The third-order valence-corrected chi connectivity index (χ3v) is 6.28. The quantitative estimate of drug-likeness (QED) is 0.233. The van der Waals surface area contributed by atoms with Crippen molar-refractivity contribution >= 4 is 27.4 Å². The van der Waals surface area contributed by atoms with Crippen molar-refractivity contribution in [2.45, 2.75) is 26.1 Å². The minimum atomic E-state index is -4.73. The molecule has 0 fully saturated rings. The molecule has 0 aliphatic heterocycles. The number of anilines is 1. The molecule has 184 valence electrons. The maximum absolute atomic E-state index is 12.3. The first-order valence-corrected chi connectivity index (χ1v) is 11.9. The van der Waals surface area contributed by atoms with Crippen LogP contribution in [-0.4, -0.2) is 33.0 Å². The van der Waals surface area contributed by atoms with Crippen molar-refractivity contribution in [3.05, 3.63) is 71.4 Å². The Hall–Kier alpha value is -3.99. The number of nitrogens with zero attached hydrogens (tertiary/aromatic N) is 4. The number of benzene rings is 1. The lowest BCUT2D eigenvalue weighted by atomic mass is 10.1. The topological polar surface area (TPSA) is 86.0 Å². The van der Waals surface area contributed by atoms with Crippen LogP contribution in [0, 0.1) is 6.92 Å². The fourth-order valence-electron chi connectivity index (χ4n) is 3.71. The molecule has 4 aromatic heterocycles. The first-order valence-electron chi connectivity index (χ1n) is 11.1. The number of fused-ring (bicyclic) bond motifs is 1. The number of ether oxygens (including phenoxy) is 1. The SMILES string of the molecule is Cc1cc2c(NCCCc3ccc(-c4ccc(OC(F)(F)F)cn4)cc3)nc(-c3ccon3)nc2s1. The van der Waals surface area contributed by atoms with Gasteiger partial charge in [-0.05, 0) is 43.5 Å². The summed E-state index contributed by atoms with van der Waals surface area (Å²) < 4.78 is 45.7. The summed E-state index contributed by atoms with van der Waals surface area (Å²) >= 11 is 1.60. The molecular weight excluding hydrogens is 491 g/mol. The van der Waals surface area contributed by atoms with E-state index in [0.29, 0.717) is 23.8 Å². The van der Waals surface area contributed by atoms with Crippen LogP contribution in [0.5, 0.6) is 5.75 Å². The number of halogens is 3. The predicted molar refractivity (Wildman–Crippen MR) is 131 cm³/mol. The van der Waals surface area contributed by atoms with Gasteiger partial charge in [-0.25, -0.2) is 9.97 Å². The summed E-state index contributed by atoms with van der Waals surface area (Å²) in [6.45, 7) is 2.75. The van der Waals surface area contributed by atoms with Crippen molar-refractivity contribution in [2.75, 3.05) is 11.9 Å². The number of aromatic nitrogens is 4. The molecule has 0 unspecified atom stereocenters. The number of pyridine rings is 1. The van der Waals surface area contributed by atoms with E-state index in [4.69, 9.17) is 4.52 Å². The lowest BCUT2D eigenvalue weighted by Gasteiger charge is -2.09. The van der Waals surface area contributed by atoms with Gasteiger partial charge in [-0.3, -0.25) is 4.98 Å². The second-order valence-corrected chi connectivity index (χ2v) is 9.25. The number of rotatable bonds is 8. The number of hydrogen-bond donors (Lipinski definition) is 1. The number of hydrogen-bond acceptors (Lipinski definition) is 8. The van der Waals surface area contributed by atoms with Crippen molar-refractivity contribution in [1.82, 2.24) is 20.1 Å². The summed E-state index contributed by atoms with van der Waals surface area (Å²) in [5.41, 5.74) is 3.11. The molecule has 1 aromatic carbocycles. The van der Waals surface area contributed by atoms with Crippen LogP contribution in [0.1, 0.15) is 16.9 Å². The highest BCUT2D eigenvalue weighted by molar-refractivity contribution is 7.18. The Balaban J connectivity index is 1.20. The van der Waals surface area contributed by atoms with Gasteiger partial charge in [-0.1, -0.05) is 29.4 Å². The van der Waals surface area contributed by atoms with Crippen molar-refractivity contribution in [2.24, 2.45) is 0 Å². The fraction of sp³-hybridized carbons (Fsp3) is 0.200. The molecule has 0 aliphatic carbocycles. The lowest BCUT2D eigenvalue weighted by molar-refractivity contribution is -0.274.